The third-order valence-electron chi connectivity index (χ3n) is 4.96. The van der Waals surface area contributed by atoms with Gasteiger partial charge in [-0.3, -0.25) is 14.5 Å². The van der Waals surface area contributed by atoms with Crippen LogP contribution in [-0.4, -0.2) is 25.9 Å². The number of nitrogens with zero attached hydrogens (tertiary/aromatic N) is 2. The molecule has 0 fully saturated rings. The number of unbranched alkanes of at least 4 members (excludes halogenated alkanes) is 2. The van der Waals surface area contributed by atoms with Gasteiger partial charge >= 0.3 is 7.60 Å². The molecule has 0 bridgehead atoms. The third-order valence-corrected chi connectivity index (χ3v) is 5.86. The predicted octanol–water partition coefficient (Wildman–Crippen LogP) is 5.26. The molecule has 0 spiro atoms. The molecule has 2 aromatic heterocycles. The van der Waals surface area contributed by atoms with Crippen molar-refractivity contribution in [2.75, 3.05) is 6.16 Å². The molecule has 5 nitrogen and oxygen atoms in total. The van der Waals surface area contributed by atoms with E-state index in [9.17, 15) is 4.57 Å². The van der Waals surface area contributed by atoms with Crippen molar-refractivity contribution in [3.05, 3.63) is 72.2 Å². The van der Waals surface area contributed by atoms with E-state index in [0.717, 1.165) is 53.8 Å². The summed E-state index contributed by atoms with van der Waals surface area (Å²) in [6.07, 6.45) is 7.46. The Bertz CT molecular complexity index is 969. The molecule has 0 aliphatic carbocycles. The molecule has 0 radical (unpaired) electrons. The molecule has 2 N–H and O–H groups in total. The van der Waals surface area contributed by atoms with Crippen LogP contribution < -0.4 is 0 Å². The standard InChI is InChI=1S/C23H27N2O3P/c1-2-18-7-9-19(10-8-18)22-12-11-21(6-4-3-5-17-29(26,27)28)25-23(22)20-13-15-24-16-14-20/h7-16H,2-6,17H2,1H3,(H2,26,27,28). The number of pyridine rings is 2. The van der Waals surface area contributed by atoms with Gasteiger partial charge in [0.1, 0.15) is 0 Å². The van der Waals surface area contributed by atoms with Crippen molar-refractivity contribution in [3.8, 4) is 22.4 Å². The van der Waals surface area contributed by atoms with Gasteiger partial charge in [-0.15, -0.1) is 0 Å². The zero-order valence-electron chi connectivity index (χ0n) is 16.7. The van der Waals surface area contributed by atoms with E-state index in [1.807, 2.05) is 12.1 Å². The number of aryl methyl sites for hydroxylation is 2. The maximum absolute atomic E-state index is 11.0. The van der Waals surface area contributed by atoms with Crippen LogP contribution in [0.25, 0.3) is 22.4 Å². The minimum absolute atomic E-state index is 0.0462. The van der Waals surface area contributed by atoms with Crippen molar-refractivity contribution in [3.63, 3.8) is 0 Å². The monoisotopic (exact) mass is 410 g/mol. The Morgan fingerprint density at radius 3 is 2.24 bits per heavy atom. The molecule has 2 heterocycles. The molecule has 0 unspecified atom stereocenters. The zero-order valence-corrected chi connectivity index (χ0v) is 17.6. The molecule has 152 valence electrons. The van der Waals surface area contributed by atoms with Gasteiger partial charge in [-0.25, -0.2) is 0 Å². The molecule has 0 aliphatic heterocycles. The highest BCUT2D eigenvalue weighted by molar-refractivity contribution is 7.51. The summed E-state index contributed by atoms with van der Waals surface area (Å²) in [6.45, 7) is 2.15. The van der Waals surface area contributed by atoms with Gasteiger partial charge in [0.25, 0.3) is 0 Å². The normalized spacial score (nSPS) is 11.6. The van der Waals surface area contributed by atoms with Crippen molar-refractivity contribution in [2.24, 2.45) is 0 Å². The van der Waals surface area contributed by atoms with Gasteiger partial charge in [0.05, 0.1) is 5.69 Å². The van der Waals surface area contributed by atoms with Crippen LogP contribution in [0.15, 0.2) is 60.9 Å². The molecular weight excluding hydrogens is 383 g/mol. The van der Waals surface area contributed by atoms with Crippen LogP contribution in [0.4, 0.5) is 0 Å². The van der Waals surface area contributed by atoms with Crippen molar-refractivity contribution in [1.82, 2.24) is 9.97 Å². The Kier molecular flexibility index (Phi) is 7.32. The topological polar surface area (TPSA) is 83.3 Å². The van der Waals surface area contributed by atoms with E-state index >= 15 is 0 Å². The van der Waals surface area contributed by atoms with Crippen LogP contribution in [0.2, 0.25) is 0 Å². The molecule has 6 heteroatoms. The van der Waals surface area contributed by atoms with Crippen LogP contribution in [0.5, 0.6) is 0 Å². The average molecular weight is 410 g/mol. The molecule has 0 aliphatic rings. The number of hydrogen-bond acceptors (Lipinski definition) is 3. The first-order valence-electron chi connectivity index (χ1n) is 10.0. The van der Waals surface area contributed by atoms with Crippen molar-refractivity contribution in [1.29, 1.82) is 0 Å². The lowest BCUT2D eigenvalue weighted by Crippen LogP contribution is -1.97. The second-order valence-electron chi connectivity index (χ2n) is 7.18. The summed E-state index contributed by atoms with van der Waals surface area (Å²) in [6, 6.07) is 16.7. The van der Waals surface area contributed by atoms with E-state index in [2.05, 4.69) is 48.3 Å². The Morgan fingerprint density at radius 2 is 1.59 bits per heavy atom. The van der Waals surface area contributed by atoms with Crippen LogP contribution >= 0.6 is 7.60 Å². The van der Waals surface area contributed by atoms with Crippen LogP contribution in [-0.2, 0) is 17.4 Å². The van der Waals surface area contributed by atoms with E-state index < -0.39 is 7.60 Å². The number of aromatic nitrogens is 2. The Morgan fingerprint density at radius 1 is 0.862 bits per heavy atom. The Balaban J connectivity index is 1.81. The first kappa shape index (κ1) is 21.4. The number of rotatable bonds is 9. The van der Waals surface area contributed by atoms with E-state index in [-0.39, 0.29) is 6.16 Å². The fourth-order valence-corrected chi connectivity index (χ4v) is 3.96. The quantitative estimate of drug-likeness (QED) is 0.371. The lowest BCUT2D eigenvalue weighted by atomic mass is 9.97. The largest absolute Gasteiger partial charge is 0.325 e. The van der Waals surface area contributed by atoms with Crippen LogP contribution in [0.3, 0.4) is 0 Å². The maximum atomic E-state index is 11.0. The maximum Gasteiger partial charge on any atom is 0.325 e. The molecule has 0 saturated carbocycles. The molecular formula is C23H27N2O3P. The summed E-state index contributed by atoms with van der Waals surface area (Å²) >= 11 is 0. The highest BCUT2D eigenvalue weighted by atomic mass is 31.2. The summed E-state index contributed by atoms with van der Waals surface area (Å²) < 4.78 is 11.0. The van der Waals surface area contributed by atoms with Gasteiger partial charge in [-0.2, -0.15) is 0 Å². The fourth-order valence-electron chi connectivity index (χ4n) is 3.32. The van der Waals surface area contributed by atoms with Crippen molar-refractivity contribution in [2.45, 2.75) is 39.0 Å². The summed E-state index contributed by atoms with van der Waals surface area (Å²) in [5.74, 6) is 0. The van der Waals surface area contributed by atoms with E-state index in [4.69, 9.17) is 14.8 Å². The van der Waals surface area contributed by atoms with Gasteiger partial charge in [-0.05, 0) is 55.0 Å². The van der Waals surface area contributed by atoms with Gasteiger partial charge in [0.2, 0.25) is 0 Å². The first-order chi connectivity index (χ1) is 14.0. The first-order valence-corrected chi connectivity index (χ1v) is 11.8. The molecule has 3 rings (SSSR count). The Labute approximate surface area is 172 Å². The van der Waals surface area contributed by atoms with Gasteiger partial charge < -0.3 is 9.79 Å². The van der Waals surface area contributed by atoms with Crippen LogP contribution in [0, 0.1) is 0 Å². The molecule has 0 atom stereocenters. The van der Waals surface area contributed by atoms with E-state index in [1.54, 1.807) is 12.4 Å². The predicted molar refractivity (Wildman–Crippen MR) is 117 cm³/mol. The van der Waals surface area contributed by atoms with Crippen molar-refractivity contribution < 1.29 is 14.4 Å². The lowest BCUT2D eigenvalue weighted by Gasteiger charge is -2.12. The highest BCUT2D eigenvalue weighted by Crippen LogP contribution is 2.35. The SMILES string of the molecule is CCc1ccc(-c2ccc(CCCCCP(=O)(O)O)nc2-c2ccncc2)cc1. The highest BCUT2D eigenvalue weighted by Gasteiger charge is 2.13. The van der Waals surface area contributed by atoms with Crippen molar-refractivity contribution >= 4 is 7.60 Å². The lowest BCUT2D eigenvalue weighted by molar-refractivity contribution is 0.371. The summed E-state index contributed by atoms with van der Waals surface area (Å²) in [5, 5.41) is 0. The third kappa shape index (κ3) is 6.33. The minimum Gasteiger partial charge on any atom is -0.324 e. The van der Waals surface area contributed by atoms with Crippen LogP contribution in [0.1, 0.15) is 37.4 Å². The van der Waals surface area contributed by atoms with E-state index in [1.165, 1.54) is 5.56 Å². The second kappa shape index (κ2) is 9.93. The summed E-state index contributed by atoms with van der Waals surface area (Å²) in [7, 11) is -3.89. The second-order valence-corrected chi connectivity index (χ2v) is 8.96. The molecule has 3 aromatic rings. The average Bonchev–Trinajstić information content (AvgIpc) is 2.73. The molecule has 0 amide bonds. The summed E-state index contributed by atoms with van der Waals surface area (Å²) in [4.78, 5) is 27.0. The summed E-state index contributed by atoms with van der Waals surface area (Å²) in [5.41, 5.74) is 6.47. The molecule has 0 saturated heterocycles. The van der Waals surface area contributed by atoms with Gasteiger partial charge in [0.15, 0.2) is 0 Å². The smallest absolute Gasteiger partial charge is 0.324 e. The Hall–Kier alpha value is -2.33. The zero-order chi connectivity index (χ0) is 20.7. The van der Waals surface area contributed by atoms with E-state index in [0.29, 0.717) is 6.42 Å². The minimum atomic E-state index is -3.89. The number of benzene rings is 1. The fraction of sp³-hybridized carbons (Fsp3) is 0.304. The van der Waals surface area contributed by atoms with Gasteiger partial charge in [-0.1, -0.05) is 43.7 Å². The molecule has 29 heavy (non-hydrogen) atoms. The van der Waals surface area contributed by atoms with Gasteiger partial charge in [0, 0.05) is 35.4 Å². The molecule has 1 aromatic carbocycles. The number of hydrogen-bond donors (Lipinski definition) is 2.